The molecule has 0 aromatic rings. The molecule has 0 aromatic heterocycles. The van der Waals surface area contributed by atoms with Crippen LogP contribution in [0.5, 0.6) is 0 Å². The molecule has 12 heteroatoms. The quantitative estimate of drug-likeness (QED) is 0.393. The summed E-state index contributed by atoms with van der Waals surface area (Å²) >= 11 is 0. The van der Waals surface area contributed by atoms with Crippen LogP contribution in [0, 0.1) is 0 Å². The van der Waals surface area contributed by atoms with Crippen molar-refractivity contribution in [1.29, 1.82) is 0 Å². The van der Waals surface area contributed by atoms with E-state index in [-0.39, 0.29) is 54.8 Å². The van der Waals surface area contributed by atoms with E-state index in [0.29, 0.717) is 0 Å². The predicted molar refractivity (Wildman–Crippen MR) is 46.7 cm³/mol. The van der Waals surface area contributed by atoms with Crippen molar-refractivity contribution in [2.75, 3.05) is 0 Å². The standard InChI is InChI=1S/2C2H4O2.Ni.7H2O/c2*1-2(3)4;;;;;;;;/h2*1H3,(H,3,4);;7*1H2/q;;+2;;;;;;;/p-2. The van der Waals surface area contributed by atoms with Gasteiger partial charge in [-0.3, -0.25) is 0 Å². The van der Waals surface area contributed by atoms with Crippen LogP contribution in [0.2, 0.25) is 0 Å². The third kappa shape index (κ3) is 2710. The van der Waals surface area contributed by atoms with Crippen molar-refractivity contribution < 1.29 is 74.6 Å². The molecule has 0 aliphatic heterocycles. The van der Waals surface area contributed by atoms with Crippen LogP contribution >= 0.6 is 0 Å². The van der Waals surface area contributed by atoms with Gasteiger partial charge in [-0.15, -0.1) is 0 Å². The zero-order valence-electron chi connectivity index (χ0n) is 8.45. The van der Waals surface area contributed by atoms with Gasteiger partial charge in [0.1, 0.15) is 0 Å². The minimum Gasteiger partial charge on any atom is -0.550 e. The maximum absolute atomic E-state index is 8.89. The van der Waals surface area contributed by atoms with Gasteiger partial charge in [0, 0.05) is 11.9 Å². The Morgan fingerprint density at radius 1 is 0.625 bits per heavy atom. The van der Waals surface area contributed by atoms with Crippen LogP contribution in [0.4, 0.5) is 0 Å². The molecule has 0 aromatic carbocycles. The van der Waals surface area contributed by atoms with Gasteiger partial charge in [-0.1, -0.05) is 0 Å². The maximum atomic E-state index is 8.89. The number of rotatable bonds is 0. The molecule has 0 heterocycles. The average molecular weight is 303 g/mol. The number of carboxylic acid groups (broad SMARTS) is 2. The molecule has 0 spiro atoms. The van der Waals surface area contributed by atoms with Gasteiger partial charge in [0.25, 0.3) is 0 Å². The summed E-state index contributed by atoms with van der Waals surface area (Å²) in [5.74, 6) is -2.17. The van der Waals surface area contributed by atoms with E-state index in [1.807, 2.05) is 0 Å². The van der Waals surface area contributed by atoms with Gasteiger partial charge in [0.2, 0.25) is 0 Å². The number of hydrogen-bond acceptors (Lipinski definition) is 4. The third-order valence-corrected chi connectivity index (χ3v) is 0. The molecule has 0 rings (SSSR count). The minimum absolute atomic E-state index is 0. The van der Waals surface area contributed by atoms with Crippen LogP contribution in [0.15, 0.2) is 0 Å². The fourth-order valence-corrected chi connectivity index (χ4v) is 0. The Hall–Kier alpha value is -0.846. The van der Waals surface area contributed by atoms with Crippen molar-refractivity contribution in [3.05, 3.63) is 0 Å². The molecular weight excluding hydrogens is 283 g/mol. The van der Waals surface area contributed by atoms with Crippen molar-refractivity contribution in [1.82, 2.24) is 0 Å². The smallest absolute Gasteiger partial charge is 0.550 e. The van der Waals surface area contributed by atoms with E-state index < -0.39 is 11.9 Å². The van der Waals surface area contributed by atoms with Crippen molar-refractivity contribution in [3.8, 4) is 0 Å². The van der Waals surface area contributed by atoms with Gasteiger partial charge in [0.15, 0.2) is 0 Å². The predicted octanol–water partition coefficient (Wildman–Crippen LogP) is -8.26. The van der Waals surface area contributed by atoms with E-state index in [0.717, 1.165) is 13.8 Å². The molecule has 0 amide bonds. The van der Waals surface area contributed by atoms with Crippen molar-refractivity contribution in [2.45, 2.75) is 13.8 Å². The topological polar surface area (TPSA) is 301 Å². The third-order valence-electron chi connectivity index (χ3n) is 0. The number of carbonyl (C=O) groups is 2. The molecular formula is C4H20NiO11. The molecule has 0 unspecified atom stereocenters. The molecule has 0 fully saturated rings. The largest absolute Gasteiger partial charge is 2.00 e. The maximum Gasteiger partial charge on any atom is 2.00 e. The molecule has 0 saturated carbocycles. The zero-order chi connectivity index (χ0) is 7.15. The zero-order valence-corrected chi connectivity index (χ0v) is 9.44. The first-order valence-corrected chi connectivity index (χ1v) is 1.82. The Labute approximate surface area is 101 Å². The number of carbonyl (C=O) groups excluding carboxylic acids is 2. The van der Waals surface area contributed by atoms with E-state index in [1.54, 1.807) is 0 Å². The van der Waals surface area contributed by atoms with E-state index in [4.69, 9.17) is 19.8 Å². The minimum atomic E-state index is -1.08. The van der Waals surface area contributed by atoms with E-state index >= 15 is 0 Å². The van der Waals surface area contributed by atoms with Crippen LogP contribution < -0.4 is 10.2 Å². The van der Waals surface area contributed by atoms with Gasteiger partial charge in [-0.2, -0.15) is 0 Å². The van der Waals surface area contributed by atoms with E-state index in [1.165, 1.54) is 0 Å². The number of hydrogen-bond donors (Lipinski definition) is 0. The molecule has 0 atom stereocenters. The molecule has 0 bridgehead atoms. The molecule has 112 valence electrons. The van der Waals surface area contributed by atoms with Crippen molar-refractivity contribution in [2.24, 2.45) is 0 Å². The summed E-state index contributed by atoms with van der Waals surface area (Å²) in [6.45, 7) is 1.94. The summed E-state index contributed by atoms with van der Waals surface area (Å²) in [7, 11) is 0. The first kappa shape index (κ1) is 114. The second-order valence-corrected chi connectivity index (χ2v) is 0.983. The van der Waals surface area contributed by atoms with Crippen LogP contribution in [-0.2, 0) is 26.1 Å². The van der Waals surface area contributed by atoms with Gasteiger partial charge in [-0.05, 0) is 13.8 Å². The molecule has 0 radical (unpaired) electrons. The Morgan fingerprint density at radius 2 is 0.625 bits per heavy atom. The van der Waals surface area contributed by atoms with Gasteiger partial charge in [-0.25, -0.2) is 0 Å². The van der Waals surface area contributed by atoms with Crippen molar-refractivity contribution in [3.63, 3.8) is 0 Å². The SMILES string of the molecule is CC(=O)[O-].CC(=O)[O-].O.O.O.O.O.O.O.[Ni+2]. The fraction of sp³-hybridized carbons (Fsp3) is 0.500. The summed E-state index contributed by atoms with van der Waals surface area (Å²) in [5, 5.41) is 17.8. The van der Waals surface area contributed by atoms with Crippen LogP contribution in [-0.4, -0.2) is 50.3 Å². The normalized spacial score (nSPS) is 3.12. The Bertz CT molecular complexity index is 76.0. The fourth-order valence-electron chi connectivity index (χ4n) is 0. The van der Waals surface area contributed by atoms with Gasteiger partial charge in [0.05, 0.1) is 0 Å². The number of aliphatic carboxylic acids is 2. The first-order chi connectivity index (χ1) is 3.46. The number of carboxylic acids is 2. The Balaban J connectivity index is -0.00000000375. The summed E-state index contributed by atoms with van der Waals surface area (Å²) in [4.78, 5) is 17.8. The molecule has 0 saturated heterocycles. The molecule has 16 heavy (non-hydrogen) atoms. The van der Waals surface area contributed by atoms with Crippen LogP contribution in [0.25, 0.3) is 0 Å². The van der Waals surface area contributed by atoms with Crippen LogP contribution in [0.3, 0.4) is 0 Å². The van der Waals surface area contributed by atoms with Crippen LogP contribution in [0.1, 0.15) is 13.8 Å². The van der Waals surface area contributed by atoms with Gasteiger partial charge < -0.3 is 58.1 Å². The first-order valence-electron chi connectivity index (χ1n) is 1.82. The summed E-state index contributed by atoms with van der Waals surface area (Å²) in [5.41, 5.74) is 0. The molecule has 0 aliphatic carbocycles. The molecule has 14 N–H and O–H groups in total. The molecule has 0 aliphatic rings. The summed E-state index contributed by atoms with van der Waals surface area (Å²) in [6.07, 6.45) is 0. The summed E-state index contributed by atoms with van der Waals surface area (Å²) < 4.78 is 0. The monoisotopic (exact) mass is 302 g/mol. The summed E-state index contributed by atoms with van der Waals surface area (Å²) in [6, 6.07) is 0. The molecule has 11 nitrogen and oxygen atoms in total. The van der Waals surface area contributed by atoms with Crippen molar-refractivity contribution >= 4 is 11.9 Å². The van der Waals surface area contributed by atoms with Gasteiger partial charge >= 0.3 is 16.5 Å². The Morgan fingerprint density at radius 3 is 0.625 bits per heavy atom. The second kappa shape index (κ2) is 92.2. The van der Waals surface area contributed by atoms with E-state index in [9.17, 15) is 0 Å². The Kier molecular flexibility index (Phi) is 659. The van der Waals surface area contributed by atoms with E-state index in [2.05, 4.69) is 0 Å². The second-order valence-electron chi connectivity index (χ2n) is 0.983. The average Bonchev–Trinajstić information content (AvgIpc) is 1.25.